The molecule has 0 aliphatic carbocycles. The third-order valence-electron chi connectivity index (χ3n) is 2.44. The molecule has 0 radical (unpaired) electrons. The molecule has 1 atom stereocenters. The number of hydrogen-bond donors (Lipinski definition) is 1. The highest BCUT2D eigenvalue weighted by Gasteiger charge is 2.04. The van der Waals surface area contributed by atoms with Crippen molar-refractivity contribution in [3.05, 3.63) is 29.8 Å². The third-order valence-corrected chi connectivity index (χ3v) is 2.93. The van der Waals surface area contributed by atoms with Crippen molar-refractivity contribution >= 4 is 10.1 Å². The minimum absolute atomic E-state index is 0.347. The first-order valence-electron chi connectivity index (χ1n) is 5.62. The van der Waals surface area contributed by atoms with E-state index in [1.807, 2.05) is 12.1 Å². The second-order valence-electron chi connectivity index (χ2n) is 4.12. The Morgan fingerprint density at radius 3 is 2.35 bits per heavy atom. The lowest BCUT2D eigenvalue weighted by Gasteiger charge is -2.11. The van der Waals surface area contributed by atoms with Crippen LogP contribution in [0.4, 0.5) is 0 Å². The molecule has 17 heavy (non-hydrogen) atoms. The van der Waals surface area contributed by atoms with Gasteiger partial charge in [-0.1, -0.05) is 19.1 Å². The summed E-state index contributed by atoms with van der Waals surface area (Å²) in [7, 11) is -3.44. The molecule has 0 spiro atoms. The predicted molar refractivity (Wildman–Crippen MR) is 68.5 cm³/mol. The summed E-state index contributed by atoms with van der Waals surface area (Å²) in [6.45, 7) is 5.02. The van der Waals surface area contributed by atoms with Crippen molar-refractivity contribution in [3.63, 3.8) is 0 Å². The molecule has 0 heterocycles. The zero-order chi connectivity index (χ0) is 12.9. The smallest absolute Gasteiger partial charge is 0.306 e. The van der Waals surface area contributed by atoms with Gasteiger partial charge in [0, 0.05) is 12.6 Å². The molecule has 4 nitrogen and oxygen atoms in total. The number of nitrogens with one attached hydrogen (secondary N) is 1. The van der Waals surface area contributed by atoms with Crippen molar-refractivity contribution in [1.82, 2.24) is 5.32 Å². The standard InChI is InChI=1S/C12H19NO3S/c1-4-10(2)13-9-11-5-7-12(8-6-11)16-17(3,14)15/h5-8,10,13H,4,9H2,1-3H3/t10-/m1/s1. The van der Waals surface area contributed by atoms with Gasteiger partial charge in [0.25, 0.3) is 0 Å². The highest BCUT2D eigenvalue weighted by Crippen LogP contribution is 2.13. The summed E-state index contributed by atoms with van der Waals surface area (Å²) < 4.78 is 26.6. The number of hydrogen-bond acceptors (Lipinski definition) is 4. The Labute approximate surface area is 103 Å². The molecule has 0 saturated heterocycles. The van der Waals surface area contributed by atoms with Crippen LogP contribution >= 0.6 is 0 Å². The van der Waals surface area contributed by atoms with Gasteiger partial charge in [-0.2, -0.15) is 8.42 Å². The monoisotopic (exact) mass is 257 g/mol. The maximum atomic E-state index is 10.9. The van der Waals surface area contributed by atoms with E-state index in [1.54, 1.807) is 12.1 Å². The molecule has 0 aliphatic rings. The summed E-state index contributed by atoms with van der Waals surface area (Å²) in [5.41, 5.74) is 1.10. The summed E-state index contributed by atoms with van der Waals surface area (Å²) in [4.78, 5) is 0. The van der Waals surface area contributed by atoms with Crippen molar-refractivity contribution in [3.8, 4) is 5.75 Å². The van der Waals surface area contributed by atoms with Crippen molar-refractivity contribution in [2.45, 2.75) is 32.9 Å². The average molecular weight is 257 g/mol. The Kier molecular flexibility index (Phi) is 4.96. The first-order valence-corrected chi connectivity index (χ1v) is 7.44. The lowest BCUT2D eigenvalue weighted by Crippen LogP contribution is -2.24. The summed E-state index contributed by atoms with van der Waals surface area (Å²) in [5.74, 6) is 0.347. The fourth-order valence-electron chi connectivity index (χ4n) is 1.27. The van der Waals surface area contributed by atoms with Crippen LogP contribution in [0.3, 0.4) is 0 Å². The van der Waals surface area contributed by atoms with E-state index in [4.69, 9.17) is 4.18 Å². The molecule has 5 heteroatoms. The van der Waals surface area contributed by atoms with Crippen LogP contribution in [0, 0.1) is 0 Å². The van der Waals surface area contributed by atoms with Crippen molar-refractivity contribution in [2.75, 3.05) is 6.26 Å². The van der Waals surface area contributed by atoms with E-state index in [9.17, 15) is 8.42 Å². The molecule has 1 aromatic carbocycles. The Morgan fingerprint density at radius 2 is 1.88 bits per heavy atom. The Hall–Kier alpha value is -1.07. The Balaban J connectivity index is 2.56. The van der Waals surface area contributed by atoms with Crippen molar-refractivity contribution in [1.29, 1.82) is 0 Å². The predicted octanol–water partition coefficient (Wildman–Crippen LogP) is 1.91. The molecule has 0 aromatic heterocycles. The van der Waals surface area contributed by atoms with E-state index in [1.165, 1.54) is 0 Å². The minimum Gasteiger partial charge on any atom is -0.383 e. The topological polar surface area (TPSA) is 55.4 Å². The first-order chi connectivity index (χ1) is 7.90. The van der Waals surface area contributed by atoms with Gasteiger partial charge in [0.2, 0.25) is 0 Å². The first kappa shape index (κ1) is 14.0. The van der Waals surface area contributed by atoms with Gasteiger partial charge in [-0.15, -0.1) is 0 Å². The van der Waals surface area contributed by atoms with Crippen LogP contribution in [0.25, 0.3) is 0 Å². The lowest BCUT2D eigenvalue weighted by atomic mass is 10.2. The molecule has 0 bridgehead atoms. The molecular formula is C12H19NO3S. The second kappa shape index (κ2) is 6.02. The Morgan fingerprint density at radius 1 is 1.29 bits per heavy atom. The molecule has 0 fully saturated rings. The van der Waals surface area contributed by atoms with Gasteiger partial charge < -0.3 is 9.50 Å². The van der Waals surface area contributed by atoms with Gasteiger partial charge in [-0.25, -0.2) is 0 Å². The summed E-state index contributed by atoms with van der Waals surface area (Å²) in [5, 5.41) is 3.36. The second-order valence-corrected chi connectivity index (χ2v) is 5.70. The Bertz CT molecular complexity index is 439. The molecule has 0 unspecified atom stereocenters. The van der Waals surface area contributed by atoms with Gasteiger partial charge in [0.1, 0.15) is 5.75 Å². The van der Waals surface area contributed by atoms with Gasteiger partial charge >= 0.3 is 10.1 Å². The van der Waals surface area contributed by atoms with E-state index in [2.05, 4.69) is 19.2 Å². The fraction of sp³-hybridized carbons (Fsp3) is 0.500. The van der Waals surface area contributed by atoms with Crippen LogP contribution in [0.2, 0.25) is 0 Å². The van der Waals surface area contributed by atoms with E-state index in [0.29, 0.717) is 11.8 Å². The maximum absolute atomic E-state index is 10.9. The minimum atomic E-state index is -3.44. The van der Waals surface area contributed by atoms with E-state index < -0.39 is 10.1 Å². The number of benzene rings is 1. The highest BCUT2D eigenvalue weighted by atomic mass is 32.2. The maximum Gasteiger partial charge on any atom is 0.306 e. The van der Waals surface area contributed by atoms with Crippen molar-refractivity contribution < 1.29 is 12.6 Å². The molecule has 1 rings (SSSR count). The summed E-state index contributed by atoms with van der Waals surface area (Å²) in [6, 6.07) is 7.51. The van der Waals surface area contributed by atoms with E-state index >= 15 is 0 Å². The zero-order valence-corrected chi connectivity index (χ0v) is 11.3. The highest BCUT2D eigenvalue weighted by molar-refractivity contribution is 7.86. The molecule has 1 aromatic rings. The molecular weight excluding hydrogens is 238 g/mol. The van der Waals surface area contributed by atoms with Crippen LogP contribution in [-0.2, 0) is 16.7 Å². The fourth-order valence-corrected chi connectivity index (χ4v) is 1.73. The zero-order valence-electron chi connectivity index (χ0n) is 10.4. The molecule has 96 valence electrons. The molecule has 0 saturated carbocycles. The SMILES string of the molecule is CC[C@@H](C)NCc1ccc(OS(C)(=O)=O)cc1. The largest absolute Gasteiger partial charge is 0.383 e. The van der Waals surface area contributed by atoms with Gasteiger partial charge in [0.05, 0.1) is 6.26 Å². The van der Waals surface area contributed by atoms with Gasteiger partial charge in [-0.05, 0) is 31.0 Å². The third kappa shape index (κ3) is 5.70. The van der Waals surface area contributed by atoms with Crippen LogP contribution < -0.4 is 9.50 Å². The molecule has 0 amide bonds. The number of rotatable bonds is 6. The van der Waals surface area contributed by atoms with Crippen LogP contribution in [0.5, 0.6) is 5.75 Å². The quantitative estimate of drug-likeness (QED) is 0.791. The average Bonchev–Trinajstić information content (AvgIpc) is 2.25. The van der Waals surface area contributed by atoms with Gasteiger partial charge in [0.15, 0.2) is 0 Å². The van der Waals surface area contributed by atoms with E-state index in [0.717, 1.165) is 24.8 Å². The van der Waals surface area contributed by atoms with Gasteiger partial charge in [-0.3, -0.25) is 0 Å². The lowest BCUT2D eigenvalue weighted by molar-refractivity contribution is 0.492. The molecule has 0 aliphatic heterocycles. The van der Waals surface area contributed by atoms with Crippen LogP contribution in [0.1, 0.15) is 25.8 Å². The molecule has 1 N–H and O–H groups in total. The van der Waals surface area contributed by atoms with Crippen molar-refractivity contribution in [2.24, 2.45) is 0 Å². The normalized spacial score (nSPS) is 13.4. The summed E-state index contributed by atoms with van der Waals surface area (Å²) in [6.07, 6.45) is 2.11. The van der Waals surface area contributed by atoms with Crippen LogP contribution in [-0.4, -0.2) is 20.7 Å². The summed E-state index contributed by atoms with van der Waals surface area (Å²) >= 11 is 0. The van der Waals surface area contributed by atoms with E-state index in [-0.39, 0.29) is 0 Å². The van der Waals surface area contributed by atoms with Crippen LogP contribution in [0.15, 0.2) is 24.3 Å².